The first-order chi connectivity index (χ1) is 12.7. The van der Waals surface area contributed by atoms with Crippen LogP contribution in [0.1, 0.15) is 11.9 Å². The maximum atomic E-state index is 12.1. The van der Waals surface area contributed by atoms with E-state index in [-0.39, 0.29) is 12.5 Å². The summed E-state index contributed by atoms with van der Waals surface area (Å²) in [4.78, 5) is 16.6. The summed E-state index contributed by atoms with van der Waals surface area (Å²) in [5.74, 6) is 0.956. The van der Waals surface area contributed by atoms with Crippen molar-refractivity contribution in [2.45, 2.75) is 13.8 Å². The second-order valence-electron chi connectivity index (χ2n) is 5.55. The number of rotatable bonds is 7. The third-order valence-corrected chi connectivity index (χ3v) is 4.36. The maximum Gasteiger partial charge on any atom is 0.262 e. The van der Waals surface area contributed by atoms with E-state index in [4.69, 9.17) is 9.47 Å². The number of hydrogen-bond acceptors (Lipinski definition) is 5. The van der Waals surface area contributed by atoms with E-state index in [1.54, 1.807) is 17.4 Å². The molecule has 5 nitrogen and oxygen atoms in total. The molecule has 0 saturated carbocycles. The maximum absolute atomic E-state index is 12.1. The lowest BCUT2D eigenvalue weighted by Crippen LogP contribution is -2.20. The summed E-state index contributed by atoms with van der Waals surface area (Å²) in [5, 5.41) is 5.87. The molecule has 0 fully saturated rings. The molecule has 0 unspecified atom stereocenters. The molecule has 0 aliphatic rings. The molecule has 1 aromatic heterocycles. The van der Waals surface area contributed by atoms with Crippen LogP contribution in [0.5, 0.6) is 11.5 Å². The quantitative estimate of drug-likeness (QED) is 0.665. The first-order valence-electron chi connectivity index (χ1n) is 8.32. The number of aromatic nitrogens is 1. The minimum atomic E-state index is -0.228. The zero-order chi connectivity index (χ0) is 18.4. The van der Waals surface area contributed by atoms with Crippen molar-refractivity contribution in [3.8, 4) is 22.8 Å². The van der Waals surface area contributed by atoms with Gasteiger partial charge in [0.1, 0.15) is 0 Å². The summed E-state index contributed by atoms with van der Waals surface area (Å²) >= 11 is 1.62. The van der Waals surface area contributed by atoms with Crippen LogP contribution in [0.4, 0.5) is 5.69 Å². The second kappa shape index (κ2) is 8.49. The van der Waals surface area contributed by atoms with Crippen molar-refractivity contribution >= 4 is 22.9 Å². The zero-order valence-electron chi connectivity index (χ0n) is 14.7. The van der Waals surface area contributed by atoms with Gasteiger partial charge in [0.25, 0.3) is 5.91 Å². The Kier molecular flexibility index (Phi) is 5.86. The molecule has 0 atom stereocenters. The van der Waals surface area contributed by atoms with Crippen LogP contribution >= 0.6 is 11.3 Å². The van der Waals surface area contributed by atoms with E-state index >= 15 is 0 Å². The number of carbonyl (C=O) groups excluding carboxylic acids is 1. The lowest BCUT2D eigenvalue weighted by atomic mass is 10.1. The van der Waals surface area contributed by atoms with Crippen LogP contribution in [0.3, 0.4) is 0 Å². The number of aryl methyl sites for hydroxylation is 1. The molecule has 6 heteroatoms. The molecule has 2 aromatic carbocycles. The fraction of sp³-hybridized carbons (Fsp3) is 0.200. The number of anilines is 1. The minimum Gasteiger partial charge on any atom is -0.490 e. The lowest BCUT2D eigenvalue weighted by molar-refractivity contribution is -0.118. The van der Waals surface area contributed by atoms with Gasteiger partial charge >= 0.3 is 0 Å². The monoisotopic (exact) mass is 368 g/mol. The molecule has 0 spiro atoms. The number of hydrogen-bond donors (Lipinski definition) is 1. The first-order valence-corrected chi connectivity index (χ1v) is 9.20. The Labute approximate surface area is 156 Å². The largest absolute Gasteiger partial charge is 0.490 e. The van der Waals surface area contributed by atoms with Gasteiger partial charge in [-0.1, -0.05) is 24.3 Å². The molecule has 0 saturated heterocycles. The fourth-order valence-electron chi connectivity index (χ4n) is 2.40. The van der Waals surface area contributed by atoms with Crippen molar-refractivity contribution in [2.75, 3.05) is 18.5 Å². The van der Waals surface area contributed by atoms with E-state index in [1.807, 2.05) is 61.7 Å². The van der Waals surface area contributed by atoms with Gasteiger partial charge in [0.2, 0.25) is 0 Å². The van der Waals surface area contributed by atoms with Crippen LogP contribution in [0.2, 0.25) is 0 Å². The van der Waals surface area contributed by atoms with Gasteiger partial charge in [-0.25, -0.2) is 4.98 Å². The van der Waals surface area contributed by atoms with Crippen LogP contribution in [0.25, 0.3) is 11.3 Å². The average Bonchev–Trinajstić information content (AvgIpc) is 3.08. The highest BCUT2D eigenvalue weighted by molar-refractivity contribution is 7.09. The topological polar surface area (TPSA) is 60.5 Å². The highest BCUT2D eigenvalue weighted by Gasteiger charge is 2.08. The van der Waals surface area contributed by atoms with Gasteiger partial charge in [-0.05, 0) is 38.1 Å². The number of amides is 1. The Balaban J connectivity index is 1.57. The standard InChI is InChI=1S/C20H20N2O3S/c1-3-24-18-6-4-5-7-19(18)25-12-20(23)22-16-10-8-15(9-11-16)17-13-26-14(2)21-17/h4-11,13H,3,12H2,1-2H3,(H,22,23). The van der Waals surface area contributed by atoms with Gasteiger partial charge in [0.05, 0.1) is 17.3 Å². The summed E-state index contributed by atoms with van der Waals surface area (Å²) in [6, 6.07) is 14.9. The summed E-state index contributed by atoms with van der Waals surface area (Å²) in [5.41, 5.74) is 2.68. The van der Waals surface area contributed by atoms with E-state index in [0.29, 0.717) is 23.8 Å². The van der Waals surface area contributed by atoms with Gasteiger partial charge in [-0.2, -0.15) is 0 Å². The SMILES string of the molecule is CCOc1ccccc1OCC(=O)Nc1ccc(-c2csc(C)n2)cc1. The smallest absolute Gasteiger partial charge is 0.262 e. The fourth-order valence-corrected chi connectivity index (χ4v) is 3.03. The Bertz CT molecular complexity index is 875. The lowest BCUT2D eigenvalue weighted by Gasteiger charge is -2.11. The molecule has 3 aromatic rings. The zero-order valence-corrected chi connectivity index (χ0v) is 15.5. The normalized spacial score (nSPS) is 10.4. The summed E-state index contributed by atoms with van der Waals surface area (Å²) in [6.07, 6.45) is 0. The van der Waals surface area contributed by atoms with Gasteiger partial charge in [0, 0.05) is 16.6 Å². The van der Waals surface area contributed by atoms with Crippen molar-refractivity contribution in [1.82, 2.24) is 4.98 Å². The van der Waals surface area contributed by atoms with Gasteiger partial charge < -0.3 is 14.8 Å². The number of benzene rings is 2. The van der Waals surface area contributed by atoms with Crippen molar-refractivity contribution in [2.24, 2.45) is 0 Å². The Morgan fingerprint density at radius 3 is 2.38 bits per heavy atom. The highest BCUT2D eigenvalue weighted by Crippen LogP contribution is 2.26. The second-order valence-corrected chi connectivity index (χ2v) is 6.61. The third kappa shape index (κ3) is 4.61. The molecule has 0 aliphatic heterocycles. The molecular weight excluding hydrogens is 348 g/mol. The number of nitrogens with one attached hydrogen (secondary N) is 1. The predicted octanol–water partition coefficient (Wildman–Crippen LogP) is 4.53. The van der Waals surface area contributed by atoms with Gasteiger partial charge in [-0.15, -0.1) is 11.3 Å². The van der Waals surface area contributed by atoms with Crippen LogP contribution in [0.15, 0.2) is 53.9 Å². The molecule has 0 radical (unpaired) electrons. The number of para-hydroxylation sites is 2. The first kappa shape index (κ1) is 17.9. The van der Waals surface area contributed by atoms with Crippen molar-refractivity contribution < 1.29 is 14.3 Å². The molecule has 0 aliphatic carbocycles. The Hall–Kier alpha value is -2.86. The molecule has 3 rings (SSSR count). The molecule has 1 N–H and O–H groups in total. The van der Waals surface area contributed by atoms with Crippen LogP contribution in [-0.2, 0) is 4.79 Å². The molecule has 1 amide bonds. The van der Waals surface area contributed by atoms with Crippen molar-refractivity contribution in [3.05, 3.63) is 58.9 Å². The van der Waals surface area contributed by atoms with E-state index in [0.717, 1.165) is 16.3 Å². The molecule has 134 valence electrons. The van der Waals surface area contributed by atoms with Crippen LogP contribution < -0.4 is 14.8 Å². The highest BCUT2D eigenvalue weighted by atomic mass is 32.1. The molecule has 0 bridgehead atoms. The van der Waals surface area contributed by atoms with Crippen molar-refractivity contribution in [3.63, 3.8) is 0 Å². The van der Waals surface area contributed by atoms with Crippen LogP contribution in [-0.4, -0.2) is 24.1 Å². The third-order valence-electron chi connectivity index (χ3n) is 3.59. The van der Waals surface area contributed by atoms with Gasteiger partial charge in [0.15, 0.2) is 18.1 Å². The van der Waals surface area contributed by atoms with E-state index < -0.39 is 0 Å². The number of nitrogens with zero attached hydrogens (tertiary/aromatic N) is 1. The average molecular weight is 368 g/mol. The molecule has 26 heavy (non-hydrogen) atoms. The Morgan fingerprint density at radius 2 is 1.77 bits per heavy atom. The van der Waals surface area contributed by atoms with E-state index in [1.165, 1.54) is 0 Å². The van der Waals surface area contributed by atoms with E-state index in [2.05, 4.69) is 10.3 Å². The summed E-state index contributed by atoms with van der Waals surface area (Å²) in [7, 11) is 0. The van der Waals surface area contributed by atoms with Crippen molar-refractivity contribution in [1.29, 1.82) is 0 Å². The van der Waals surface area contributed by atoms with E-state index in [9.17, 15) is 4.79 Å². The minimum absolute atomic E-state index is 0.0862. The molecule has 1 heterocycles. The number of thiazole rings is 1. The Morgan fingerprint density at radius 1 is 1.08 bits per heavy atom. The van der Waals surface area contributed by atoms with Gasteiger partial charge in [-0.3, -0.25) is 4.79 Å². The number of carbonyl (C=O) groups is 1. The van der Waals surface area contributed by atoms with Crippen LogP contribution in [0, 0.1) is 6.92 Å². The summed E-state index contributed by atoms with van der Waals surface area (Å²) < 4.78 is 11.1. The predicted molar refractivity (Wildman–Crippen MR) is 104 cm³/mol. The number of ether oxygens (including phenoxy) is 2. The molecular formula is C20H20N2O3S. The summed E-state index contributed by atoms with van der Waals surface area (Å²) in [6.45, 7) is 4.33.